The normalized spacial score (nSPS) is 11.2. The average Bonchev–Trinajstić information content (AvgIpc) is 3.62. The molecule has 8 aromatic carbocycles. The molecule has 0 N–H and O–H groups in total. The van der Waals surface area contributed by atoms with E-state index in [1.54, 1.807) is 0 Å². The summed E-state index contributed by atoms with van der Waals surface area (Å²) in [5, 5.41) is 5.06. The molecule has 0 saturated carbocycles. The third kappa shape index (κ3) is 7.34. The summed E-state index contributed by atoms with van der Waals surface area (Å²) < 4.78 is 2.60. The van der Waals surface area contributed by atoms with Crippen LogP contribution < -0.4 is 0 Å². The highest BCUT2D eigenvalue weighted by molar-refractivity contribution is 7.27. The first kappa shape index (κ1) is 33.7. The molecule has 0 fully saturated rings. The Morgan fingerprint density at radius 2 is 1.06 bits per heavy atom. The summed E-state index contributed by atoms with van der Waals surface area (Å²) >= 11 is 1.90. The van der Waals surface area contributed by atoms with Crippen LogP contribution in [0.3, 0.4) is 0 Å². The molecule has 53 heavy (non-hydrogen) atoms. The van der Waals surface area contributed by atoms with Crippen molar-refractivity contribution < 1.29 is 0 Å². The molecule has 1 heterocycles. The molecule has 0 amide bonds. The first-order chi connectivity index (χ1) is 26.3. The summed E-state index contributed by atoms with van der Waals surface area (Å²) in [6, 6.07) is 66.7. The molecule has 0 aliphatic rings. The Labute approximate surface area is 315 Å². The van der Waals surface area contributed by atoms with E-state index in [4.69, 9.17) is 4.99 Å². The Balaban J connectivity index is 0.000000391. The smallest absolute Gasteiger partial charge is 0.0639 e. The van der Waals surface area contributed by atoms with Crippen molar-refractivity contribution in [3.8, 4) is 33.4 Å². The predicted octanol–water partition coefficient (Wildman–Crippen LogP) is 13.7. The van der Waals surface area contributed by atoms with Crippen molar-refractivity contribution >= 4 is 55.2 Å². The van der Waals surface area contributed by atoms with E-state index >= 15 is 0 Å². The number of nitrogens with zero attached hydrogens (tertiary/aromatic N) is 2. The molecule has 0 spiro atoms. The van der Waals surface area contributed by atoms with Gasteiger partial charge >= 0.3 is 0 Å². The fourth-order valence-electron chi connectivity index (χ4n) is 6.96. The second-order valence-corrected chi connectivity index (χ2v) is 14.0. The van der Waals surface area contributed by atoms with Gasteiger partial charge in [-0.15, -0.1) is 11.3 Å². The molecule has 0 radical (unpaired) electrons. The van der Waals surface area contributed by atoms with Crippen LogP contribution in [-0.2, 0) is 13.1 Å². The van der Waals surface area contributed by atoms with E-state index in [1.165, 1.54) is 75.5 Å². The Kier molecular flexibility index (Phi) is 10.1. The summed E-state index contributed by atoms with van der Waals surface area (Å²) in [6.07, 6.45) is 2.08. The van der Waals surface area contributed by atoms with Crippen LogP contribution in [-0.4, -0.2) is 12.9 Å². The Morgan fingerprint density at radius 3 is 1.75 bits per heavy atom. The molecule has 0 bridgehead atoms. The lowest BCUT2D eigenvalue weighted by Crippen LogP contribution is -1.89. The van der Waals surface area contributed by atoms with Gasteiger partial charge in [0.2, 0.25) is 0 Å². The summed E-state index contributed by atoms with van der Waals surface area (Å²) in [5.41, 5.74) is 11.0. The van der Waals surface area contributed by atoms with Crippen LogP contribution >= 0.6 is 11.3 Å². The highest BCUT2D eigenvalue weighted by atomic mass is 32.1. The van der Waals surface area contributed by atoms with E-state index in [0.717, 1.165) is 12.1 Å². The lowest BCUT2D eigenvalue weighted by atomic mass is 9.92. The molecule has 9 aromatic rings. The minimum Gasteiger partial charge on any atom is -0.296 e. The fraction of sp³-hybridized carbons (Fsp3) is 0.0400. The van der Waals surface area contributed by atoms with E-state index in [1.807, 2.05) is 41.7 Å². The van der Waals surface area contributed by atoms with E-state index in [2.05, 4.69) is 176 Å². The molecular formula is C50H38N2S. The average molecular weight is 699 g/mol. The summed E-state index contributed by atoms with van der Waals surface area (Å²) in [5.74, 6) is 0. The SMILES string of the molecule is C(=NCc1ccccc1)c1ccc(-c2cccc3ccccc23)c2sc3c(-c4ccccc4)cc(-c4ccccc4)cc3c12.C=NCc1ccccc1. The van der Waals surface area contributed by atoms with Gasteiger partial charge in [0, 0.05) is 43.1 Å². The molecular weight excluding hydrogens is 661 g/mol. The molecule has 9 rings (SSSR count). The molecule has 0 saturated heterocycles. The van der Waals surface area contributed by atoms with Crippen molar-refractivity contribution in [2.75, 3.05) is 0 Å². The largest absolute Gasteiger partial charge is 0.296 e. The van der Waals surface area contributed by atoms with Gasteiger partial charge in [-0.2, -0.15) is 0 Å². The molecule has 0 unspecified atom stereocenters. The summed E-state index contributed by atoms with van der Waals surface area (Å²) in [7, 11) is 0. The maximum absolute atomic E-state index is 4.94. The zero-order valence-electron chi connectivity index (χ0n) is 29.4. The van der Waals surface area contributed by atoms with Gasteiger partial charge in [-0.1, -0.05) is 176 Å². The second kappa shape index (κ2) is 15.9. The van der Waals surface area contributed by atoms with Gasteiger partial charge in [-0.25, -0.2) is 0 Å². The third-order valence-corrected chi connectivity index (χ3v) is 10.8. The van der Waals surface area contributed by atoms with Gasteiger partial charge in [-0.3, -0.25) is 9.98 Å². The third-order valence-electron chi connectivity index (χ3n) is 9.51. The van der Waals surface area contributed by atoms with Gasteiger partial charge in [-0.05, 0) is 63.0 Å². The minimum absolute atomic E-state index is 0.653. The number of fused-ring (bicyclic) bond motifs is 4. The van der Waals surface area contributed by atoms with E-state index < -0.39 is 0 Å². The van der Waals surface area contributed by atoms with Crippen LogP contribution in [0.4, 0.5) is 0 Å². The van der Waals surface area contributed by atoms with Crippen LogP contribution in [0.2, 0.25) is 0 Å². The zero-order chi connectivity index (χ0) is 35.8. The molecule has 1 aromatic heterocycles. The van der Waals surface area contributed by atoms with Crippen molar-refractivity contribution in [3.05, 3.63) is 205 Å². The summed E-state index contributed by atoms with van der Waals surface area (Å²) in [4.78, 5) is 8.70. The van der Waals surface area contributed by atoms with Gasteiger partial charge in [0.05, 0.1) is 13.1 Å². The maximum Gasteiger partial charge on any atom is 0.0639 e. The van der Waals surface area contributed by atoms with Crippen molar-refractivity contribution in [1.82, 2.24) is 0 Å². The highest BCUT2D eigenvalue weighted by Gasteiger charge is 2.19. The van der Waals surface area contributed by atoms with Crippen LogP contribution in [0.1, 0.15) is 16.7 Å². The number of hydrogen-bond donors (Lipinski definition) is 0. The summed E-state index contributed by atoms with van der Waals surface area (Å²) in [6.45, 7) is 4.78. The van der Waals surface area contributed by atoms with Crippen LogP contribution in [0.15, 0.2) is 198 Å². The van der Waals surface area contributed by atoms with Crippen LogP contribution in [0, 0.1) is 0 Å². The molecule has 0 atom stereocenters. The van der Waals surface area contributed by atoms with Gasteiger partial charge in [0.15, 0.2) is 0 Å². The molecule has 0 aliphatic heterocycles. The molecule has 0 aliphatic carbocycles. The van der Waals surface area contributed by atoms with Crippen molar-refractivity contribution in [3.63, 3.8) is 0 Å². The monoisotopic (exact) mass is 698 g/mol. The number of hydrogen-bond acceptors (Lipinski definition) is 3. The minimum atomic E-state index is 0.653. The Hall–Kier alpha value is -6.42. The van der Waals surface area contributed by atoms with Crippen molar-refractivity contribution in [1.29, 1.82) is 0 Å². The molecule has 3 heteroatoms. The first-order valence-corrected chi connectivity index (χ1v) is 18.7. The standard InChI is InChI=1S/C42H29NS.C8H9N/c1-4-13-29(14-5-1)27-43-28-33-23-24-37(36-22-12-20-31-19-10-11-21-35(31)36)42-40(33)39-26-34(30-15-6-2-7-16-30)25-38(41(39)44-42)32-17-8-3-9-18-32;1-9-7-8-5-3-2-4-6-8/h1-26,28H,27H2;2-6H,1,7H2. The highest BCUT2D eigenvalue weighted by Crippen LogP contribution is 2.47. The van der Waals surface area contributed by atoms with E-state index in [0.29, 0.717) is 6.54 Å². The number of aliphatic imine (C=N–C) groups is 2. The fourth-order valence-corrected chi connectivity index (χ4v) is 8.34. The number of rotatable bonds is 8. The van der Waals surface area contributed by atoms with E-state index in [9.17, 15) is 0 Å². The Morgan fingerprint density at radius 1 is 0.453 bits per heavy atom. The van der Waals surface area contributed by atoms with Gasteiger partial charge in [0.1, 0.15) is 0 Å². The second-order valence-electron chi connectivity index (χ2n) is 13.0. The zero-order valence-corrected chi connectivity index (χ0v) is 30.2. The first-order valence-electron chi connectivity index (χ1n) is 17.9. The van der Waals surface area contributed by atoms with Crippen LogP contribution in [0.5, 0.6) is 0 Å². The quantitative estimate of drug-likeness (QED) is 0.141. The molecule has 2 nitrogen and oxygen atoms in total. The van der Waals surface area contributed by atoms with Crippen molar-refractivity contribution in [2.24, 2.45) is 9.98 Å². The number of thiophene rings is 1. The Bertz CT molecular complexity index is 2660. The lowest BCUT2D eigenvalue weighted by Gasteiger charge is -2.10. The lowest BCUT2D eigenvalue weighted by molar-refractivity contribution is 1.08. The van der Waals surface area contributed by atoms with Crippen molar-refractivity contribution in [2.45, 2.75) is 13.1 Å². The topological polar surface area (TPSA) is 24.7 Å². The van der Waals surface area contributed by atoms with Gasteiger partial charge < -0.3 is 0 Å². The maximum atomic E-state index is 4.94. The molecule has 254 valence electrons. The van der Waals surface area contributed by atoms with E-state index in [-0.39, 0.29) is 0 Å². The predicted molar refractivity (Wildman–Crippen MR) is 231 cm³/mol. The number of benzene rings is 8. The van der Waals surface area contributed by atoms with Gasteiger partial charge in [0.25, 0.3) is 0 Å². The van der Waals surface area contributed by atoms with Crippen LogP contribution in [0.25, 0.3) is 64.3 Å².